The Morgan fingerprint density at radius 3 is 2.65 bits per heavy atom. The van der Waals surface area contributed by atoms with E-state index < -0.39 is 55.8 Å². The molecule has 0 aromatic carbocycles. The van der Waals surface area contributed by atoms with E-state index in [1.54, 1.807) is 19.3 Å². The molecule has 0 heterocycles. The van der Waals surface area contributed by atoms with Gasteiger partial charge in [0, 0.05) is 23.7 Å². The summed E-state index contributed by atoms with van der Waals surface area (Å²) in [7, 11) is 0. The predicted octanol–water partition coefficient (Wildman–Crippen LogP) is 3.34. The number of carbonyl (C=O) groups is 2. The van der Waals surface area contributed by atoms with E-state index in [9.17, 15) is 19.2 Å². The van der Waals surface area contributed by atoms with Crippen molar-refractivity contribution in [1.82, 2.24) is 0 Å². The lowest BCUT2D eigenvalue weighted by Gasteiger charge is -2.62. The van der Waals surface area contributed by atoms with Gasteiger partial charge in [0.1, 0.15) is 12.2 Å². The molecule has 3 saturated carbocycles. The first-order chi connectivity index (χ1) is 14.4. The monoisotopic (exact) mass is 470 g/mol. The molecule has 0 aromatic rings. The molecule has 1 N–H and O–H groups in total. The van der Waals surface area contributed by atoms with Gasteiger partial charge in [0.2, 0.25) is 4.08 Å². The van der Waals surface area contributed by atoms with Gasteiger partial charge in [0.05, 0.1) is 6.26 Å². The number of alkyl halides is 1. The highest BCUT2D eigenvalue weighted by molar-refractivity contribution is 8.14. The average Bonchev–Trinajstić information content (AvgIpc) is 2.90. The Labute approximate surface area is 190 Å². The number of rotatable bonds is 3. The smallest absolute Gasteiger partial charge is 0.303 e. The van der Waals surface area contributed by atoms with E-state index in [1.165, 1.54) is 30.8 Å². The lowest BCUT2D eigenvalue weighted by molar-refractivity contribution is -0.209. The average molecular weight is 471 g/mol. The lowest BCUT2D eigenvalue weighted by atomic mass is 9.46. The second-order valence-electron chi connectivity index (χ2n) is 9.92. The number of ketones is 1. The van der Waals surface area contributed by atoms with Crippen LogP contribution in [0.15, 0.2) is 23.8 Å². The van der Waals surface area contributed by atoms with Gasteiger partial charge in [-0.1, -0.05) is 18.6 Å². The topological polar surface area (TPSA) is 86.7 Å². The van der Waals surface area contributed by atoms with Crippen LogP contribution in [0.2, 0.25) is 0 Å². The fourth-order valence-electron chi connectivity index (χ4n) is 7.47. The molecule has 0 aliphatic heterocycles. The number of ether oxygens (including phenoxy) is 1. The summed E-state index contributed by atoms with van der Waals surface area (Å²) in [6.07, 6.45) is 7.68. The molecule has 5 nitrogen and oxygen atoms in total. The minimum absolute atomic E-state index is 0.154. The first-order valence-corrected chi connectivity index (χ1v) is 13.5. The van der Waals surface area contributed by atoms with Crippen molar-refractivity contribution in [3.05, 3.63) is 23.8 Å². The standard InChI is InChI=1S/C23H31FO5S2/c1-13(25)29-19-12-21(3)17(11-18(27)23(21,30-4)31(5)28)16-7-6-14-10-15(26)8-9-20(14,2)22(16,19)24/h8-10,16-19,27H,6-7,11-12H2,1-5H3/t16-,17-,18+,19-,20-,21-,22?,23+,31+/m0/s1. The Morgan fingerprint density at radius 1 is 1.39 bits per heavy atom. The molecule has 9 atom stereocenters. The Kier molecular flexibility index (Phi) is 5.52. The van der Waals surface area contributed by atoms with Crippen molar-refractivity contribution >= 4 is 34.7 Å². The molecule has 0 amide bonds. The highest BCUT2D eigenvalue weighted by atomic mass is 32.3. The summed E-state index contributed by atoms with van der Waals surface area (Å²) in [4.78, 5) is 24.1. The van der Waals surface area contributed by atoms with Crippen LogP contribution >= 0.6 is 11.8 Å². The van der Waals surface area contributed by atoms with Gasteiger partial charge in [-0.3, -0.25) is 9.59 Å². The van der Waals surface area contributed by atoms with Crippen LogP contribution in [-0.2, 0) is 25.5 Å². The molecule has 31 heavy (non-hydrogen) atoms. The number of allylic oxidation sites excluding steroid dienone is 4. The van der Waals surface area contributed by atoms with E-state index in [1.807, 2.05) is 13.2 Å². The summed E-state index contributed by atoms with van der Waals surface area (Å²) in [6.45, 7) is 5.05. The van der Waals surface area contributed by atoms with Crippen LogP contribution in [0.5, 0.6) is 0 Å². The van der Waals surface area contributed by atoms with Crippen molar-refractivity contribution in [3.8, 4) is 0 Å². The minimum Gasteiger partial charge on any atom is -0.615 e. The van der Waals surface area contributed by atoms with Crippen molar-refractivity contribution in [3.63, 3.8) is 0 Å². The van der Waals surface area contributed by atoms with Crippen LogP contribution in [0.3, 0.4) is 0 Å². The molecule has 4 aliphatic carbocycles. The maximum Gasteiger partial charge on any atom is 0.303 e. The largest absolute Gasteiger partial charge is 0.615 e. The van der Waals surface area contributed by atoms with E-state index in [4.69, 9.17) is 4.74 Å². The molecular weight excluding hydrogens is 439 g/mol. The van der Waals surface area contributed by atoms with Crippen LogP contribution in [0, 0.1) is 22.7 Å². The number of esters is 1. The van der Waals surface area contributed by atoms with Crippen LogP contribution in [0.25, 0.3) is 0 Å². The number of thioether (sulfide) groups is 1. The predicted molar refractivity (Wildman–Crippen MR) is 120 cm³/mol. The summed E-state index contributed by atoms with van der Waals surface area (Å²) in [5.74, 6) is -1.44. The quantitative estimate of drug-likeness (QED) is 0.503. The summed E-state index contributed by atoms with van der Waals surface area (Å²) in [5.41, 5.74) is -2.95. The second-order valence-corrected chi connectivity index (χ2v) is 12.8. The van der Waals surface area contributed by atoms with Gasteiger partial charge < -0.3 is 14.4 Å². The van der Waals surface area contributed by atoms with Crippen molar-refractivity contribution in [1.29, 1.82) is 0 Å². The number of carbonyl (C=O) groups excluding carboxylic acids is 2. The molecule has 3 fully saturated rings. The zero-order valence-electron chi connectivity index (χ0n) is 18.6. The van der Waals surface area contributed by atoms with E-state index in [0.29, 0.717) is 19.3 Å². The maximum atomic E-state index is 17.5. The SMILES string of the molecule is CS[C@@]1([S@@+](C)[O-])[C@H](O)C[C@H]2[C@@H]3CCC4=CC(=O)C=C[C@]4(C)C3(F)[C@@H](OC(C)=O)C[C@@]21C. The Balaban J connectivity index is 1.90. The summed E-state index contributed by atoms with van der Waals surface area (Å²) in [6, 6.07) is 0. The van der Waals surface area contributed by atoms with Gasteiger partial charge in [-0.15, -0.1) is 11.8 Å². The second kappa shape index (κ2) is 7.34. The highest BCUT2D eigenvalue weighted by Gasteiger charge is 2.78. The summed E-state index contributed by atoms with van der Waals surface area (Å²) < 4.78 is 35.3. The zero-order chi connectivity index (χ0) is 23.0. The number of halogens is 1. The van der Waals surface area contributed by atoms with Crippen molar-refractivity contribution in [2.24, 2.45) is 22.7 Å². The summed E-state index contributed by atoms with van der Waals surface area (Å²) in [5, 5.41) is 11.2. The van der Waals surface area contributed by atoms with Crippen LogP contribution in [0.1, 0.15) is 46.5 Å². The number of aliphatic hydroxyl groups excluding tert-OH is 1. The van der Waals surface area contributed by atoms with Gasteiger partial charge in [-0.2, -0.15) is 0 Å². The normalized spacial score (nSPS) is 49.5. The number of hydrogen-bond donors (Lipinski definition) is 1. The molecule has 1 unspecified atom stereocenters. The maximum absolute atomic E-state index is 17.5. The van der Waals surface area contributed by atoms with Gasteiger partial charge >= 0.3 is 5.97 Å². The van der Waals surface area contributed by atoms with E-state index in [-0.39, 0.29) is 18.1 Å². The fraction of sp³-hybridized carbons (Fsp3) is 0.739. The highest BCUT2D eigenvalue weighted by Crippen LogP contribution is 2.72. The lowest BCUT2D eigenvalue weighted by Crippen LogP contribution is -2.69. The van der Waals surface area contributed by atoms with Crippen molar-refractivity contribution < 1.29 is 28.4 Å². The third-order valence-corrected chi connectivity index (χ3v) is 12.9. The van der Waals surface area contributed by atoms with E-state index in [0.717, 1.165) is 5.57 Å². The number of hydrogen-bond acceptors (Lipinski definition) is 6. The molecule has 4 aliphatic rings. The summed E-state index contributed by atoms with van der Waals surface area (Å²) >= 11 is -0.00494. The Bertz CT molecular complexity index is 874. The van der Waals surface area contributed by atoms with Gasteiger partial charge in [-0.05, 0) is 68.1 Å². The first kappa shape index (κ1) is 23.3. The molecule has 0 bridgehead atoms. The van der Waals surface area contributed by atoms with Crippen LogP contribution < -0.4 is 0 Å². The molecule has 4 rings (SSSR count). The first-order valence-electron chi connectivity index (χ1n) is 10.8. The molecule has 172 valence electrons. The molecule has 0 radical (unpaired) electrons. The molecule has 0 spiro atoms. The number of fused-ring (bicyclic) bond motifs is 5. The van der Waals surface area contributed by atoms with Crippen LogP contribution in [-0.4, -0.2) is 55.9 Å². The molecular formula is C23H31FO5S2. The third kappa shape index (κ3) is 2.77. The third-order valence-electron chi connectivity index (χ3n) is 8.76. The minimum atomic E-state index is -1.92. The van der Waals surface area contributed by atoms with Gasteiger partial charge in [-0.25, -0.2) is 4.39 Å². The molecule has 0 aromatic heterocycles. The van der Waals surface area contributed by atoms with Crippen molar-refractivity contribution in [2.75, 3.05) is 12.5 Å². The zero-order valence-corrected chi connectivity index (χ0v) is 20.3. The van der Waals surface area contributed by atoms with Crippen molar-refractivity contribution in [2.45, 2.75) is 68.4 Å². The van der Waals surface area contributed by atoms with Gasteiger partial charge in [0.25, 0.3) is 0 Å². The molecule has 8 heteroatoms. The number of aliphatic hydroxyl groups is 1. The Morgan fingerprint density at radius 2 is 2.06 bits per heavy atom. The van der Waals surface area contributed by atoms with E-state index in [2.05, 4.69) is 0 Å². The molecule has 0 saturated heterocycles. The Hall–Kier alpha value is -0.830. The fourth-order valence-corrected chi connectivity index (χ4v) is 10.8. The van der Waals surface area contributed by atoms with Gasteiger partial charge in [0.15, 0.2) is 11.5 Å². The van der Waals surface area contributed by atoms with E-state index >= 15 is 4.39 Å². The van der Waals surface area contributed by atoms with Crippen LogP contribution in [0.4, 0.5) is 4.39 Å².